The molecule has 162 valence electrons. The van der Waals surface area contributed by atoms with Crippen molar-refractivity contribution in [3.05, 3.63) is 65.0 Å². The summed E-state index contributed by atoms with van der Waals surface area (Å²) in [6, 6.07) is 12.6. The molecule has 0 N–H and O–H groups in total. The molecule has 0 saturated heterocycles. The number of fused-ring (bicyclic) bond motifs is 1. The smallest absolute Gasteiger partial charge is 0.343 e. The quantitative estimate of drug-likeness (QED) is 0.464. The number of halogens is 1. The summed E-state index contributed by atoms with van der Waals surface area (Å²) in [6.45, 7) is 4.21. The van der Waals surface area contributed by atoms with Crippen LogP contribution in [0, 0.1) is 5.82 Å². The van der Waals surface area contributed by atoms with Crippen LogP contribution in [0.1, 0.15) is 54.6 Å². The van der Waals surface area contributed by atoms with Gasteiger partial charge in [-0.1, -0.05) is 37.6 Å². The first-order valence-electron chi connectivity index (χ1n) is 10.5. The third kappa shape index (κ3) is 4.07. The van der Waals surface area contributed by atoms with Crippen molar-refractivity contribution in [1.29, 1.82) is 0 Å². The van der Waals surface area contributed by atoms with E-state index in [-0.39, 0.29) is 41.4 Å². The second-order valence-electron chi connectivity index (χ2n) is 8.11. The average molecular weight is 423 g/mol. The van der Waals surface area contributed by atoms with Crippen LogP contribution in [0.5, 0.6) is 11.6 Å². The number of carbonyl (C=O) groups excluding carboxylic acids is 1. The monoisotopic (exact) mass is 423 g/mol. The second-order valence-corrected chi connectivity index (χ2v) is 8.11. The maximum atomic E-state index is 15.4. The lowest BCUT2D eigenvalue weighted by atomic mass is 9.66. The number of esters is 1. The minimum atomic E-state index is -0.544. The van der Waals surface area contributed by atoms with Gasteiger partial charge in [0.1, 0.15) is 23.4 Å². The maximum Gasteiger partial charge on any atom is 0.343 e. The van der Waals surface area contributed by atoms with Crippen LogP contribution in [-0.2, 0) is 16.8 Å². The Labute approximate surface area is 181 Å². The Morgan fingerprint density at radius 2 is 1.90 bits per heavy atom. The van der Waals surface area contributed by atoms with Crippen LogP contribution in [0.2, 0.25) is 0 Å². The van der Waals surface area contributed by atoms with Crippen molar-refractivity contribution in [2.45, 2.75) is 45.1 Å². The molecule has 3 aromatic rings. The average Bonchev–Trinajstić information content (AvgIpc) is 2.76. The highest BCUT2D eigenvalue weighted by Gasteiger charge is 2.36. The van der Waals surface area contributed by atoms with Crippen LogP contribution in [0.4, 0.5) is 4.39 Å². The summed E-state index contributed by atoms with van der Waals surface area (Å²) in [7, 11) is 1.60. The zero-order valence-corrected chi connectivity index (χ0v) is 18.0. The molecular formula is C25H26FNO4. The van der Waals surface area contributed by atoms with Crippen LogP contribution in [0.3, 0.4) is 0 Å². The van der Waals surface area contributed by atoms with Crippen LogP contribution >= 0.6 is 0 Å². The molecule has 2 aromatic carbocycles. The summed E-state index contributed by atoms with van der Waals surface area (Å²) in [5, 5.41) is 0.545. The van der Waals surface area contributed by atoms with E-state index in [1.165, 1.54) is 0 Å². The Hall–Kier alpha value is -3.15. The van der Waals surface area contributed by atoms with Gasteiger partial charge in [-0.3, -0.25) is 0 Å². The van der Waals surface area contributed by atoms with E-state index in [9.17, 15) is 4.79 Å². The van der Waals surface area contributed by atoms with Gasteiger partial charge in [-0.05, 0) is 54.5 Å². The molecule has 1 saturated carbocycles. The lowest BCUT2D eigenvalue weighted by Crippen LogP contribution is -2.31. The van der Waals surface area contributed by atoms with Crippen LogP contribution < -0.4 is 9.47 Å². The minimum absolute atomic E-state index is 0.0663. The molecule has 1 heterocycles. The number of nitrogens with zero attached hydrogens (tertiary/aromatic N) is 1. The number of ether oxygens (including phenoxy) is 3. The summed E-state index contributed by atoms with van der Waals surface area (Å²) in [6.07, 6.45) is 3.01. The van der Waals surface area contributed by atoms with E-state index in [1.54, 1.807) is 20.1 Å². The number of benzene rings is 2. The van der Waals surface area contributed by atoms with E-state index in [4.69, 9.17) is 14.2 Å². The maximum absolute atomic E-state index is 15.4. The molecule has 1 fully saturated rings. The second kappa shape index (κ2) is 8.53. The molecule has 0 bridgehead atoms. The first kappa shape index (κ1) is 21.1. The largest absolute Gasteiger partial charge is 0.497 e. The van der Waals surface area contributed by atoms with Crippen LogP contribution in [0.15, 0.2) is 42.5 Å². The molecular weight excluding hydrogens is 397 g/mol. The van der Waals surface area contributed by atoms with Gasteiger partial charge in [0.2, 0.25) is 5.88 Å². The number of methoxy groups -OCH3 is 1. The van der Waals surface area contributed by atoms with Crippen molar-refractivity contribution in [1.82, 2.24) is 4.98 Å². The van der Waals surface area contributed by atoms with Crippen LogP contribution in [0.25, 0.3) is 10.9 Å². The molecule has 31 heavy (non-hydrogen) atoms. The topological polar surface area (TPSA) is 57.7 Å². The van der Waals surface area contributed by atoms with Gasteiger partial charge in [0.25, 0.3) is 0 Å². The number of aromatic nitrogens is 1. The van der Waals surface area contributed by atoms with Crippen molar-refractivity contribution >= 4 is 16.9 Å². The molecule has 0 aliphatic heterocycles. The fourth-order valence-corrected chi connectivity index (χ4v) is 3.97. The molecule has 1 aliphatic carbocycles. The molecule has 5 nitrogen and oxygen atoms in total. The van der Waals surface area contributed by atoms with Crippen molar-refractivity contribution in [2.24, 2.45) is 0 Å². The van der Waals surface area contributed by atoms with E-state index in [0.717, 1.165) is 30.6 Å². The predicted octanol–water partition coefficient (Wildman–Crippen LogP) is 5.58. The zero-order chi connectivity index (χ0) is 22.0. The van der Waals surface area contributed by atoms with Gasteiger partial charge in [0.15, 0.2) is 5.82 Å². The summed E-state index contributed by atoms with van der Waals surface area (Å²) < 4.78 is 31.7. The first-order valence-corrected chi connectivity index (χ1v) is 10.5. The van der Waals surface area contributed by atoms with Crippen molar-refractivity contribution < 1.29 is 23.4 Å². The predicted molar refractivity (Wildman–Crippen MR) is 116 cm³/mol. The van der Waals surface area contributed by atoms with Gasteiger partial charge in [-0.2, -0.15) is 0 Å². The van der Waals surface area contributed by atoms with Gasteiger partial charge < -0.3 is 14.2 Å². The Balaban J connectivity index is 1.72. The Kier molecular flexibility index (Phi) is 5.81. The number of rotatable bonds is 7. The fourth-order valence-electron chi connectivity index (χ4n) is 3.97. The van der Waals surface area contributed by atoms with E-state index < -0.39 is 5.97 Å². The number of hydrogen-bond donors (Lipinski definition) is 0. The zero-order valence-electron chi connectivity index (χ0n) is 18.0. The summed E-state index contributed by atoms with van der Waals surface area (Å²) in [4.78, 5) is 17.0. The van der Waals surface area contributed by atoms with Crippen molar-refractivity contribution in [2.75, 3.05) is 13.7 Å². The third-order valence-corrected chi connectivity index (χ3v) is 6.03. The van der Waals surface area contributed by atoms with Gasteiger partial charge in [0, 0.05) is 5.39 Å². The van der Waals surface area contributed by atoms with E-state index >= 15 is 4.39 Å². The summed E-state index contributed by atoms with van der Waals surface area (Å²) in [5.41, 5.74) is 1.77. The minimum Gasteiger partial charge on any atom is -0.497 e. The number of hydrogen-bond acceptors (Lipinski definition) is 5. The Bertz CT molecular complexity index is 1110. The molecule has 0 unspecified atom stereocenters. The normalized spacial score (nSPS) is 14.7. The highest BCUT2D eigenvalue weighted by molar-refractivity contribution is 5.96. The highest BCUT2D eigenvalue weighted by Crippen LogP contribution is 2.45. The van der Waals surface area contributed by atoms with E-state index in [1.807, 2.05) is 36.4 Å². The van der Waals surface area contributed by atoms with Gasteiger partial charge in [-0.25, -0.2) is 14.2 Å². The van der Waals surface area contributed by atoms with Crippen LogP contribution in [-0.4, -0.2) is 24.7 Å². The van der Waals surface area contributed by atoms with Gasteiger partial charge in [-0.15, -0.1) is 0 Å². The summed E-state index contributed by atoms with van der Waals surface area (Å²) in [5.74, 6) is -0.0862. The lowest BCUT2D eigenvalue weighted by molar-refractivity contribution is 0.0520. The first-order chi connectivity index (χ1) is 14.9. The highest BCUT2D eigenvalue weighted by atomic mass is 19.1. The molecule has 0 atom stereocenters. The molecule has 0 spiro atoms. The standard InChI is InChI=1S/C25H26FNO4/c1-4-30-24(28)19-14-17-8-11-20(25(2)12-5-13-25)21(26)22(17)27-23(19)31-15-16-6-9-18(29-3)10-7-16/h6-11,14H,4-5,12-13,15H2,1-3H3. The fraction of sp³-hybridized carbons (Fsp3) is 0.360. The van der Waals surface area contributed by atoms with E-state index in [2.05, 4.69) is 11.9 Å². The molecule has 1 aliphatic rings. The molecule has 6 heteroatoms. The van der Waals surface area contributed by atoms with E-state index in [0.29, 0.717) is 10.9 Å². The van der Waals surface area contributed by atoms with Crippen molar-refractivity contribution in [3.63, 3.8) is 0 Å². The molecule has 1 aromatic heterocycles. The number of carbonyl (C=O) groups is 1. The SMILES string of the molecule is CCOC(=O)c1cc2ccc(C3(C)CCC3)c(F)c2nc1OCc1ccc(OC)cc1. The molecule has 0 amide bonds. The Morgan fingerprint density at radius 1 is 1.16 bits per heavy atom. The summed E-state index contributed by atoms with van der Waals surface area (Å²) >= 11 is 0. The number of pyridine rings is 1. The third-order valence-electron chi connectivity index (χ3n) is 6.03. The van der Waals surface area contributed by atoms with Gasteiger partial charge >= 0.3 is 5.97 Å². The Morgan fingerprint density at radius 3 is 2.52 bits per heavy atom. The van der Waals surface area contributed by atoms with Crippen molar-refractivity contribution in [3.8, 4) is 11.6 Å². The molecule has 0 radical (unpaired) electrons. The molecule has 4 rings (SSSR count). The van der Waals surface area contributed by atoms with Gasteiger partial charge in [0.05, 0.1) is 13.7 Å². The lowest BCUT2D eigenvalue weighted by Gasteiger charge is -2.39.